The normalized spacial score (nSPS) is 11.0. The molecular formula is C10H5BrCl2FN. The molecule has 0 aliphatic rings. The maximum Gasteiger partial charge on any atom is 0.128 e. The van der Waals surface area contributed by atoms with Gasteiger partial charge in [0.1, 0.15) is 5.82 Å². The molecular weight excluding hydrogens is 304 g/mol. The van der Waals surface area contributed by atoms with Crippen LogP contribution in [-0.2, 0) is 0 Å². The van der Waals surface area contributed by atoms with Gasteiger partial charge in [-0.15, -0.1) is 0 Å². The minimum Gasteiger partial charge on any atom is -0.253 e. The standard InChI is InChI=1S/C10H5BrCl2FN/c1-4-7(14)2-5(12)10-8(4)9(11)6(13)3-15-10/h2-3H,1H3. The number of halogens is 4. The van der Waals surface area contributed by atoms with Gasteiger partial charge in [-0.25, -0.2) is 4.39 Å². The molecule has 0 amide bonds. The molecule has 0 atom stereocenters. The van der Waals surface area contributed by atoms with Crippen LogP contribution in [0.25, 0.3) is 10.9 Å². The number of aromatic nitrogens is 1. The minimum atomic E-state index is -0.364. The zero-order valence-electron chi connectivity index (χ0n) is 7.61. The van der Waals surface area contributed by atoms with Crippen LogP contribution in [0.2, 0.25) is 10.0 Å². The number of hydrogen-bond donors (Lipinski definition) is 0. The smallest absolute Gasteiger partial charge is 0.128 e. The number of aryl methyl sites for hydroxylation is 1. The van der Waals surface area contributed by atoms with E-state index in [2.05, 4.69) is 20.9 Å². The van der Waals surface area contributed by atoms with Crippen molar-refractivity contribution in [3.8, 4) is 0 Å². The van der Waals surface area contributed by atoms with Gasteiger partial charge in [-0.2, -0.15) is 0 Å². The quantitative estimate of drug-likeness (QED) is 0.684. The first-order valence-electron chi connectivity index (χ1n) is 4.10. The van der Waals surface area contributed by atoms with E-state index in [9.17, 15) is 4.39 Å². The highest BCUT2D eigenvalue weighted by molar-refractivity contribution is 9.10. The molecule has 0 radical (unpaired) electrons. The summed E-state index contributed by atoms with van der Waals surface area (Å²) in [7, 11) is 0. The Morgan fingerprint density at radius 1 is 1.33 bits per heavy atom. The number of pyridine rings is 1. The number of fused-ring (bicyclic) bond motifs is 1. The van der Waals surface area contributed by atoms with E-state index < -0.39 is 0 Å². The van der Waals surface area contributed by atoms with Crippen LogP contribution in [-0.4, -0.2) is 4.98 Å². The Kier molecular flexibility index (Phi) is 2.88. The van der Waals surface area contributed by atoms with Gasteiger partial charge in [-0.1, -0.05) is 23.2 Å². The Morgan fingerprint density at radius 2 is 2.00 bits per heavy atom. The molecule has 0 aliphatic carbocycles. The molecule has 0 fully saturated rings. The molecule has 2 aromatic rings. The summed E-state index contributed by atoms with van der Waals surface area (Å²) in [6.45, 7) is 1.66. The highest BCUT2D eigenvalue weighted by Crippen LogP contribution is 2.35. The molecule has 78 valence electrons. The van der Waals surface area contributed by atoms with Crippen LogP contribution < -0.4 is 0 Å². The molecule has 0 saturated carbocycles. The van der Waals surface area contributed by atoms with Gasteiger partial charge >= 0.3 is 0 Å². The number of hydrogen-bond acceptors (Lipinski definition) is 1. The summed E-state index contributed by atoms with van der Waals surface area (Å²) in [6, 6.07) is 1.26. The van der Waals surface area contributed by atoms with Gasteiger partial charge in [0.05, 0.1) is 15.6 Å². The van der Waals surface area contributed by atoms with E-state index in [1.54, 1.807) is 6.92 Å². The first-order chi connectivity index (χ1) is 7.02. The Balaban J connectivity index is 3.04. The van der Waals surface area contributed by atoms with Crippen molar-refractivity contribution in [3.05, 3.63) is 38.2 Å². The first kappa shape index (κ1) is 11.1. The zero-order valence-corrected chi connectivity index (χ0v) is 10.7. The topological polar surface area (TPSA) is 12.9 Å². The zero-order chi connectivity index (χ0) is 11.2. The Labute approximate surface area is 104 Å². The molecule has 0 aliphatic heterocycles. The van der Waals surface area contributed by atoms with Crippen LogP contribution in [0, 0.1) is 12.7 Å². The van der Waals surface area contributed by atoms with Crippen molar-refractivity contribution in [1.82, 2.24) is 4.98 Å². The third-order valence-electron chi connectivity index (χ3n) is 2.19. The lowest BCUT2D eigenvalue weighted by Gasteiger charge is -2.08. The highest BCUT2D eigenvalue weighted by atomic mass is 79.9. The molecule has 1 aromatic heterocycles. The van der Waals surface area contributed by atoms with E-state index in [0.29, 0.717) is 26.0 Å². The Hall–Kier alpha value is -0.380. The fourth-order valence-corrected chi connectivity index (χ4v) is 2.37. The monoisotopic (exact) mass is 307 g/mol. The van der Waals surface area contributed by atoms with Gasteiger partial charge in [0, 0.05) is 16.1 Å². The van der Waals surface area contributed by atoms with E-state index in [1.165, 1.54) is 12.3 Å². The third-order valence-corrected chi connectivity index (χ3v) is 3.81. The molecule has 0 spiro atoms. The second-order valence-electron chi connectivity index (χ2n) is 3.11. The van der Waals surface area contributed by atoms with Gasteiger partial charge < -0.3 is 0 Å². The molecule has 15 heavy (non-hydrogen) atoms. The Bertz CT molecular complexity index is 549. The lowest BCUT2D eigenvalue weighted by Crippen LogP contribution is -1.90. The first-order valence-corrected chi connectivity index (χ1v) is 5.65. The van der Waals surface area contributed by atoms with Crippen molar-refractivity contribution in [2.45, 2.75) is 6.92 Å². The maximum atomic E-state index is 13.4. The minimum absolute atomic E-state index is 0.283. The molecule has 5 heteroatoms. The van der Waals surface area contributed by atoms with Crippen molar-refractivity contribution < 1.29 is 4.39 Å². The molecule has 0 unspecified atom stereocenters. The van der Waals surface area contributed by atoms with Crippen LogP contribution in [0.1, 0.15) is 5.56 Å². The van der Waals surface area contributed by atoms with Crippen LogP contribution in [0.5, 0.6) is 0 Å². The predicted molar refractivity (Wildman–Crippen MR) is 64.2 cm³/mol. The van der Waals surface area contributed by atoms with Gasteiger partial charge in [0.15, 0.2) is 0 Å². The summed E-state index contributed by atoms with van der Waals surface area (Å²) in [4.78, 5) is 4.08. The molecule has 2 rings (SSSR count). The average molecular weight is 309 g/mol. The van der Waals surface area contributed by atoms with Crippen molar-refractivity contribution >= 4 is 50.0 Å². The van der Waals surface area contributed by atoms with Crippen LogP contribution >= 0.6 is 39.1 Å². The second kappa shape index (κ2) is 3.89. The Morgan fingerprint density at radius 3 is 2.67 bits per heavy atom. The third kappa shape index (κ3) is 1.73. The number of nitrogens with zero attached hydrogens (tertiary/aromatic N) is 1. The van der Waals surface area contributed by atoms with Crippen LogP contribution in [0.3, 0.4) is 0 Å². The van der Waals surface area contributed by atoms with Crippen molar-refractivity contribution in [2.75, 3.05) is 0 Å². The van der Waals surface area contributed by atoms with Gasteiger partial charge in [-0.3, -0.25) is 4.98 Å². The predicted octanol–water partition coefficient (Wildman–Crippen LogP) is 4.75. The lowest BCUT2D eigenvalue weighted by atomic mass is 10.1. The van der Waals surface area contributed by atoms with E-state index in [1.807, 2.05) is 0 Å². The summed E-state index contributed by atoms with van der Waals surface area (Å²) in [5.41, 5.74) is 1.03. The summed E-state index contributed by atoms with van der Waals surface area (Å²) < 4.78 is 14.1. The van der Waals surface area contributed by atoms with Crippen LogP contribution in [0.15, 0.2) is 16.7 Å². The lowest BCUT2D eigenvalue weighted by molar-refractivity contribution is 0.621. The van der Waals surface area contributed by atoms with Gasteiger partial charge in [0.2, 0.25) is 0 Å². The molecule has 1 heterocycles. The summed E-state index contributed by atoms with van der Waals surface area (Å²) in [6.07, 6.45) is 1.48. The van der Waals surface area contributed by atoms with Gasteiger partial charge in [-0.05, 0) is 34.5 Å². The summed E-state index contributed by atoms with van der Waals surface area (Å²) in [5, 5.41) is 1.34. The molecule has 0 saturated heterocycles. The summed E-state index contributed by atoms with van der Waals surface area (Å²) in [5.74, 6) is -0.364. The number of benzene rings is 1. The number of rotatable bonds is 0. The maximum absolute atomic E-state index is 13.4. The fourth-order valence-electron chi connectivity index (χ4n) is 1.40. The summed E-state index contributed by atoms with van der Waals surface area (Å²) >= 11 is 15.1. The van der Waals surface area contributed by atoms with E-state index in [4.69, 9.17) is 23.2 Å². The van der Waals surface area contributed by atoms with Gasteiger partial charge in [0.25, 0.3) is 0 Å². The fraction of sp³-hybridized carbons (Fsp3) is 0.100. The molecule has 0 N–H and O–H groups in total. The molecule has 1 aromatic carbocycles. The van der Waals surface area contributed by atoms with Crippen LogP contribution in [0.4, 0.5) is 4.39 Å². The van der Waals surface area contributed by atoms with E-state index in [-0.39, 0.29) is 10.8 Å². The van der Waals surface area contributed by atoms with E-state index in [0.717, 1.165) is 0 Å². The molecule has 1 nitrogen and oxygen atoms in total. The SMILES string of the molecule is Cc1c(F)cc(Cl)c2ncc(Cl)c(Br)c12. The highest BCUT2D eigenvalue weighted by Gasteiger charge is 2.13. The second-order valence-corrected chi connectivity index (χ2v) is 4.72. The van der Waals surface area contributed by atoms with Crippen molar-refractivity contribution in [3.63, 3.8) is 0 Å². The largest absolute Gasteiger partial charge is 0.253 e. The van der Waals surface area contributed by atoms with Crippen molar-refractivity contribution in [2.24, 2.45) is 0 Å². The average Bonchev–Trinajstić information content (AvgIpc) is 2.19. The van der Waals surface area contributed by atoms with E-state index >= 15 is 0 Å². The van der Waals surface area contributed by atoms with Crippen molar-refractivity contribution in [1.29, 1.82) is 0 Å². The molecule has 0 bridgehead atoms.